The summed E-state index contributed by atoms with van der Waals surface area (Å²) in [6, 6.07) is 13.4. The predicted octanol–water partition coefficient (Wildman–Crippen LogP) is 4.64. The standard InChI is InChI=1S/C29H35N4O4/c1-20(2)18-23-25(37-26(32-23)22-13-8-16-31-19-22)27(35)33(17-9-12-21-10-6-5-7-11-21)24(34)14-15-29(3,4)28(30)36/h5-8,10-11,13-14,16,19-20H,9,12,15,17-18H2,1-4H3,(H2,30,36). The van der Waals surface area contributed by atoms with Gasteiger partial charge >= 0.3 is 0 Å². The van der Waals surface area contributed by atoms with E-state index in [1.54, 1.807) is 38.4 Å². The van der Waals surface area contributed by atoms with Gasteiger partial charge in [-0.05, 0) is 49.3 Å². The molecule has 2 N–H and O–H groups in total. The first-order chi connectivity index (χ1) is 17.6. The van der Waals surface area contributed by atoms with E-state index in [-0.39, 0.29) is 30.5 Å². The number of pyridine rings is 1. The van der Waals surface area contributed by atoms with Crippen LogP contribution in [0.2, 0.25) is 0 Å². The molecule has 0 aliphatic rings. The van der Waals surface area contributed by atoms with Crippen LogP contribution in [0.25, 0.3) is 11.5 Å². The van der Waals surface area contributed by atoms with Crippen LogP contribution in [0.5, 0.6) is 0 Å². The van der Waals surface area contributed by atoms with Crippen LogP contribution in [0.4, 0.5) is 0 Å². The lowest BCUT2D eigenvalue weighted by molar-refractivity contribution is -0.127. The van der Waals surface area contributed by atoms with E-state index < -0.39 is 23.1 Å². The molecule has 0 atom stereocenters. The van der Waals surface area contributed by atoms with Gasteiger partial charge in [0.1, 0.15) is 0 Å². The SMILES string of the molecule is CC(C)Cc1nc(-c2cccnc2)oc1C(=O)N(CCCc1ccccc1)C(=O)[CH]CC(C)(C)C(N)=O. The zero-order valence-electron chi connectivity index (χ0n) is 21.9. The van der Waals surface area contributed by atoms with Crippen LogP contribution < -0.4 is 5.73 Å². The third-order valence-electron chi connectivity index (χ3n) is 6.06. The average Bonchev–Trinajstić information content (AvgIpc) is 3.29. The number of aromatic nitrogens is 2. The maximum atomic E-state index is 13.8. The molecular weight excluding hydrogens is 468 g/mol. The highest BCUT2D eigenvalue weighted by Gasteiger charge is 2.32. The lowest BCUT2D eigenvalue weighted by Crippen LogP contribution is -2.40. The zero-order valence-corrected chi connectivity index (χ0v) is 21.9. The number of imide groups is 1. The predicted molar refractivity (Wildman–Crippen MR) is 141 cm³/mol. The average molecular weight is 504 g/mol. The molecule has 0 spiro atoms. The van der Waals surface area contributed by atoms with Gasteiger partial charge in [0.15, 0.2) is 0 Å². The van der Waals surface area contributed by atoms with Crippen LogP contribution in [0.3, 0.4) is 0 Å². The van der Waals surface area contributed by atoms with Crippen molar-refractivity contribution < 1.29 is 18.8 Å². The van der Waals surface area contributed by atoms with Crippen LogP contribution >= 0.6 is 0 Å². The molecule has 3 aromatic rings. The number of oxazole rings is 1. The molecule has 1 aromatic carbocycles. The van der Waals surface area contributed by atoms with Gasteiger partial charge in [-0.3, -0.25) is 24.3 Å². The highest BCUT2D eigenvalue weighted by atomic mass is 16.4. The Balaban J connectivity index is 1.89. The maximum absolute atomic E-state index is 13.8. The van der Waals surface area contributed by atoms with Gasteiger partial charge in [0.25, 0.3) is 5.91 Å². The van der Waals surface area contributed by atoms with Gasteiger partial charge in [0.2, 0.25) is 23.5 Å². The maximum Gasteiger partial charge on any atom is 0.298 e. The topological polar surface area (TPSA) is 119 Å². The van der Waals surface area contributed by atoms with Crippen molar-refractivity contribution in [2.45, 2.75) is 53.4 Å². The van der Waals surface area contributed by atoms with E-state index in [0.29, 0.717) is 30.5 Å². The Morgan fingerprint density at radius 3 is 2.46 bits per heavy atom. The first-order valence-electron chi connectivity index (χ1n) is 12.5. The van der Waals surface area contributed by atoms with Crippen molar-refractivity contribution in [3.05, 3.63) is 78.3 Å². The Kier molecular flexibility index (Phi) is 9.33. The molecule has 0 aliphatic heterocycles. The summed E-state index contributed by atoms with van der Waals surface area (Å²) in [6.45, 7) is 7.56. The molecule has 37 heavy (non-hydrogen) atoms. The number of aryl methyl sites for hydroxylation is 1. The van der Waals surface area contributed by atoms with Gasteiger partial charge in [-0.1, -0.05) is 58.0 Å². The third-order valence-corrected chi connectivity index (χ3v) is 6.06. The minimum atomic E-state index is -0.920. The molecule has 0 saturated heterocycles. The highest BCUT2D eigenvalue weighted by Crippen LogP contribution is 2.26. The zero-order chi connectivity index (χ0) is 27.0. The highest BCUT2D eigenvalue weighted by molar-refractivity contribution is 6.06. The van der Waals surface area contributed by atoms with Crippen molar-refractivity contribution in [1.82, 2.24) is 14.9 Å². The Morgan fingerprint density at radius 2 is 1.84 bits per heavy atom. The lowest BCUT2D eigenvalue weighted by Gasteiger charge is -2.24. The van der Waals surface area contributed by atoms with Crippen molar-refractivity contribution in [2.24, 2.45) is 17.1 Å². The minimum Gasteiger partial charge on any atom is -0.431 e. The van der Waals surface area contributed by atoms with E-state index in [1.165, 1.54) is 11.3 Å². The number of hydrogen-bond acceptors (Lipinski definition) is 6. The summed E-state index contributed by atoms with van der Waals surface area (Å²) >= 11 is 0. The third kappa shape index (κ3) is 7.59. The molecular formula is C29H35N4O4. The molecule has 0 aliphatic carbocycles. The Morgan fingerprint density at radius 1 is 1.11 bits per heavy atom. The van der Waals surface area contributed by atoms with E-state index in [1.807, 2.05) is 44.2 Å². The monoisotopic (exact) mass is 503 g/mol. The van der Waals surface area contributed by atoms with Crippen LogP contribution in [0.1, 0.15) is 62.3 Å². The molecule has 8 nitrogen and oxygen atoms in total. The van der Waals surface area contributed by atoms with Crippen molar-refractivity contribution >= 4 is 17.7 Å². The van der Waals surface area contributed by atoms with Crippen molar-refractivity contribution in [1.29, 1.82) is 0 Å². The van der Waals surface area contributed by atoms with Gasteiger partial charge in [0, 0.05) is 24.4 Å². The first-order valence-corrected chi connectivity index (χ1v) is 12.5. The molecule has 0 fully saturated rings. The smallest absolute Gasteiger partial charge is 0.298 e. The summed E-state index contributed by atoms with van der Waals surface area (Å²) < 4.78 is 5.96. The number of benzene rings is 1. The minimum absolute atomic E-state index is 0.0446. The van der Waals surface area contributed by atoms with E-state index in [9.17, 15) is 14.4 Å². The molecule has 1 radical (unpaired) electrons. The van der Waals surface area contributed by atoms with E-state index in [0.717, 1.165) is 5.56 Å². The Labute approximate surface area is 218 Å². The fraction of sp³-hybridized carbons (Fsp3) is 0.379. The van der Waals surface area contributed by atoms with Gasteiger partial charge in [-0.2, -0.15) is 0 Å². The van der Waals surface area contributed by atoms with Crippen LogP contribution in [-0.4, -0.2) is 39.1 Å². The van der Waals surface area contributed by atoms with Crippen molar-refractivity contribution in [3.63, 3.8) is 0 Å². The molecule has 195 valence electrons. The van der Waals surface area contributed by atoms with Gasteiger partial charge in [-0.25, -0.2) is 4.98 Å². The molecule has 2 aromatic heterocycles. The number of hydrogen-bond donors (Lipinski definition) is 1. The van der Waals surface area contributed by atoms with Crippen LogP contribution in [0.15, 0.2) is 59.3 Å². The summed E-state index contributed by atoms with van der Waals surface area (Å²) in [5, 5.41) is 0. The number of nitrogens with zero attached hydrogens (tertiary/aromatic N) is 3. The van der Waals surface area contributed by atoms with Gasteiger partial charge in [-0.15, -0.1) is 0 Å². The Bertz CT molecular complexity index is 1200. The second kappa shape index (κ2) is 12.4. The first kappa shape index (κ1) is 27.8. The lowest BCUT2D eigenvalue weighted by atomic mass is 9.87. The summed E-state index contributed by atoms with van der Waals surface area (Å²) in [6.07, 6.45) is 6.49. The van der Waals surface area contributed by atoms with E-state index in [4.69, 9.17) is 10.2 Å². The number of primary amides is 1. The second-order valence-corrected chi connectivity index (χ2v) is 10.2. The number of carbonyl (C=O) groups excluding carboxylic acids is 3. The summed E-state index contributed by atoms with van der Waals surface area (Å²) in [5.41, 5.74) is 6.80. The molecule has 0 bridgehead atoms. The molecule has 0 unspecified atom stereocenters. The summed E-state index contributed by atoms with van der Waals surface area (Å²) in [4.78, 5) is 48.7. The Hall–Kier alpha value is -3.81. The number of carbonyl (C=O) groups is 3. The summed E-state index contributed by atoms with van der Waals surface area (Å²) in [7, 11) is 0. The second-order valence-electron chi connectivity index (χ2n) is 10.2. The molecule has 8 heteroatoms. The number of nitrogens with two attached hydrogens (primary N) is 1. The molecule has 3 rings (SSSR count). The number of rotatable bonds is 12. The van der Waals surface area contributed by atoms with Crippen LogP contribution in [0, 0.1) is 17.8 Å². The van der Waals surface area contributed by atoms with E-state index in [2.05, 4.69) is 9.97 Å². The summed E-state index contributed by atoms with van der Waals surface area (Å²) in [5.74, 6) is -1.03. The van der Waals surface area contributed by atoms with Crippen LogP contribution in [-0.2, 0) is 22.4 Å². The van der Waals surface area contributed by atoms with Gasteiger partial charge < -0.3 is 10.2 Å². The van der Waals surface area contributed by atoms with E-state index >= 15 is 0 Å². The molecule has 0 saturated carbocycles. The normalized spacial score (nSPS) is 11.5. The van der Waals surface area contributed by atoms with Crippen molar-refractivity contribution in [2.75, 3.05) is 6.54 Å². The molecule has 3 amide bonds. The van der Waals surface area contributed by atoms with Crippen molar-refractivity contribution in [3.8, 4) is 11.5 Å². The fourth-order valence-electron chi connectivity index (χ4n) is 3.73. The quantitative estimate of drug-likeness (QED) is 0.384. The molecule has 2 heterocycles. The number of amides is 3. The van der Waals surface area contributed by atoms with Gasteiger partial charge in [0.05, 0.1) is 17.7 Å². The largest absolute Gasteiger partial charge is 0.431 e. The fourth-order valence-corrected chi connectivity index (χ4v) is 3.73.